The summed E-state index contributed by atoms with van der Waals surface area (Å²) in [7, 11) is 0. The summed E-state index contributed by atoms with van der Waals surface area (Å²) in [6.45, 7) is 0.626. The number of nitro groups is 1. The third-order valence-electron chi connectivity index (χ3n) is 6.29. The van der Waals surface area contributed by atoms with E-state index in [-0.39, 0.29) is 22.8 Å². The highest BCUT2D eigenvalue weighted by molar-refractivity contribution is 6.31. The van der Waals surface area contributed by atoms with Gasteiger partial charge in [-0.25, -0.2) is 9.37 Å². The van der Waals surface area contributed by atoms with Crippen molar-refractivity contribution < 1.29 is 9.31 Å². The molecule has 32 heavy (non-hydrogen) atoms. The lowest BCUT2D eigenvalue weighted by Gasteiger charge is -2.33. The molecule has 8 nitrogen and oxygen atoms in total. The molecule has 0 spiro atoms. The van der Waals surface area contributed by atoms with Gasteiger partial charge in [0.2, 0.25) is 0 Å². The van der Waals surface area contributed by atoms with Gasteiger partial charge in [0.25, 0.3) is 5.69 Å². The summed E-state index contributed by atoms with van der Waals surface area (Å²) < 4.78 is 14.7. The first kappa shape index (κ1) is 20.6. The van der Waals surface area contributed by atoms with Crippen LogP contribution in [0.25, 0.3) is 16.8 Å². The molecule has 0 bridgehead atoms. The first-order valence-electron chi connectivity index (χ1n) is 10.3. The average molecular weight is 455 g/mol. The summed E-state index contributed by atoms with van der Waals surface area (Å²) in [5.74, 6) is 0.287. The molecule has 1 saturated heterocycles. The van der Waals surface area contributed by atoms with E-state index in [1.54, 1.807) is 18.3 Å². The van der Waals surface area contributed by atoms with Crippen molar-refractivity contribution in [1.29, 1.82) is 0 Å². The Morgan fingerprint density at radius 2 is 2.12 bits per heavy atom. The van der Waals surface area contributed by atoms with E-state index >= 15 is 0 Å². The first-order valence-corrected chi connectivity index (χ1v) is 10.6. The summed E-state index contributed by atoms with van der Waals surface area (Å²) >= 11 is 5.98. The van der Waals surface area contributed by atoms with Crippen LogP contribution < -0.4 is 5.73 Å². The third kappa shape index (κ3) is 3.43. The number of hydrogen-bond acceptors (Lipinski definition) is 6. The Hall–Kier alpha value is -3.30. The standard InChI is InChI=1S/C22H20ClFN6O2/c23-15-2-3-16(25)20(21(15)24)12-6-8-29-13(9-12)1-4-18(29)22-27-10-17(28-22)14-5-7-26-11-19(14)30(31)32/h2-3,5-7,10-11,13,18H,1,4,8-9,25H2,(H,27,28)/t13?,18-/m0/s1. The number of nitrogens with zero attached hydrogens (tertiary/aromatic N) is 4. The Kier molecular flexibility index (Phi) is 5.15. The molecule has 1 fully saturated rings. The van der Waals surface area contributed by atoms with Crippen molar-refractivity contribution in [3.05, 3.63) is 75.2 Å². The number of fused-ring (bicyclic) bond motifs is 1. The quantitative estimate of drug-likeness (QED) is 0.334. The second kappa shape index (κ2) is 7.99. The Balaban J connectivity index is 1.41. The molecule has 1 aromatic carbocycles. The first-order chi connectivity index (χ1) is 15.4. The van der Waals surface area contributed by atoms with Gasteiger partial charge in [-0.1, -0.05) is 17.7 Å². The maximum absolute atomic E-state index is 14.7. The number of aromatic amines is 1. The van der Waals surface area contributed by atoms with Crippen molar-refractivity contribution in [2.75, 3.05) is 12.3 Å². The molecule has 3 N–H and O–H groups in total. The maximum Gasteiger partial charge on any atom is 0.296 e. The number of aromatic nitrogens is 3. The van der Waals surface area contributed by atoms with Crippen LogP contribution in [0.2, 0.25) is 5.02 Å². The van der Waals surface area contributed by atoms with Crippen LogP contribution in [0.15, 0.2) is 42.9 Å². The molecule has 0 aliphatic carbocycles. The summed E-state index contributed by atoms with van der Waals surface area (Å²) in [5.41, 5.74) is 8.66. The number of nitrogens with two attached hydrogens (primary N) is 1. The van der Waals surface area contributed by atoms with E-state index in [1.165, 1.54) is 18.5 Å². The lowest BCUT2D eigenvalue weighted by Crippen LogP contribution is -2.35. The van der Waals surface area contributed by atoms with Crippen LogP contribution in [0.1, 0.15) is 36.7 Å². The highest BCUT2D eigenvalue weighted by Gasteiger charge is 2.38. The van der Waals surface area contributed by atoms with Crippen molar-refractivity contribution in [2.24, 2.45) is 0 Å². The SMILES string of the molecule is Nc1ccc(Cl)c(F)c1C1=CCN2C(CC[C@H]2c2ncc(-c3ccncc3[N+](=O)[O-])[nH]2)C1. The van der Waals surface area contributed by atoms with Gasteiger partial charge in [0.05, 0.1) is 33.4 Å². The molecule has 2 atom stereocenters. The van der Waals surface area contributed by atoms with Crippen molar-refractivity contribution >= 4 is 28.5 Å². The molecular formula is C22H20ClFN6O2. The zero-order valence-corrected chi connectivity index (χ0v) is 17.7. The largest absolute Gasteiger partial charge is 0.398 e. The summed E-state index contributed by atoms with van der Waals surface area (Å²) in [5, 5.41) is 11.4. The van der Waals surface area contributed by atoms with Gasteiger partial charge in [-0.3, -0.25) is 20.0 Å². The Bertz CT molecular complexity index is 1240. The zero-order chi connectivity index (χ0) is 22.4. The lowest BCUT2D eigenvalue weighted by molar-refractivity contribution is -0.384. The number of pyridine rings is 1. The highest BCUT2D eigenvalue weighted by atomic mass is 35.5. The smallest absolute Gasteiger partial charge is 0.296 e. The molecule has 1 unspecified atom stereocenters. The second-order valence-electron chi connectivity index (χ2n) is 8.03. The minimum Gasteiger partial charge on any atom is -0.398 e. The molecule has 3 aromatic rings. The minimum absolute atomic E-state index is 0.0500. The van der Waals surface area contributed by atoms with Crippen LogP contribution in [-0.4, -0.2) is 37.4 Å². The Morgan fingerprint density at radius 3 is 2.94 bits per heavy atom. The molecule has 4 heterocycles. The molecule has 2 aliphatic rings. The average Bonchev–Trinajstić information content (AvgIpc) is 3.43. The van der Waals surface area contributed by atoms with Crippen molar-refractivity contribution in [3.63, 3.8) is 0 Å². The molecule has 2 aromatic heterocycles. The van der Waals surface area contributed by atoms with Gasteiger partial charge < -0.3 is 10.7 Å². The van der Waals surface area contributed by atoms with E-state index in [0.29, 0.717) is 35.5 Å². The van der Waals surface area contributed by atoms with E-state index in [9.17, 15) is 14.5 Å². The third-order valence-corrected chi connectivity index (χ3v) is 6.58. The predicted octanol–water partition coefficient (Wildman–Crippen LogP) is 4.75. The fourth-order valence-corrected chi connectivity index (χ4v) is 4.93. The van der Waals surface area contributed by atoms with Gasteiger partial charge in [-0.2, -0.15) is 0 Å². The maximum atomic E-state index is 14.7. The van der Waals surface area contributed by atoms with Crippen molar-refractivity contribution in [1.82, 2.24) is 19.9 Å². The van der Waals surface area contributed by atoms with E-state index in [1.807, 2.05) is 6.08 Å². The van der Waals surface area contributed by atoms with Gasteiger partial charge in [0, 0.05) is 30.0 Å². The number of rotatable bonds is 4. The van der Waals surface area contributed by atoms with E-state index in [2.05, 4.69) is 19.9 Å². The highest BCUT2D eigenvalue weighted by Crippen LogP contribution is 2.43. The van der Waals surface area contributed by atoms with Crippen LogP contribution >= 0.6 is 11.6 Å². The molecule has 5 rings (SSSR count). The topological polar surface area (TPSA) is 114 Å². The van der Waals surface area contributed by atoms with Crippen LogP contribution in [-0.2, 0) is 0 Å². The van der Waals surface area contributed by atoms with Gasteiger partial charge in [0.1, 0.15) is 12.0 Å². The van der Waals surface area contributed by atoms with Gasteiger partial charge in [-0.15, -0.1) is 0 Å². The van der Waals surface area contributed by atoms with Crippen LogP contribution in [0.4, 0.5) is 15.8 Å². The Morgan fingerprint density at radius 1 is 1.28 bits per heavy atom. The fraction of sp³-hybridized carbons (Fsp3) is 0.273. The summed E-state index contributed by atoms with van der Waals surface area (Å²) in [6, 6.07) is 4.98. The van der Waals surface area contributed by atoms with Crippen LogP contribution in [0.3, 0.4) is 0 Å². The number of halogens is 2. The van der Waals surface area contributed by atoms with Crippen LogP contribution in [0, 0.1) is 15.9 Å². The van der Waals surface area contributed by atoms with Crippen molar-refractivity contribution in [3.8, 4) is 11.3 Å². The number of imidazole rings is 1. The van der Waals surface area contributed by atoms with Crippen molar-refractivity contribution in [2.45, 2.75) is 31.3 Å². The van der Waals surface area contributed by atoms with Crippen LogP contribution in [0.5, 0.6) is 0 Å². The number of hydrogen-bond donors (Lipinski definition) is 2. The molecule has 10 heteroatoms. The van der Waals surface area contributed by atoms with E-state index < -0.39 is 10.7 Å². The van der Waals surface area contributed by atoms with Gasteiger partial charge in [-0.05, 0) is 43.0 Å². The molecule has 0 amide bonds. The van der Waals surface area contributed by atoms with E-state index in [4.69, 9.17) is 17.3 Å². The lowest BCUT2D eigenvalue weighted by atomic mass is 9.93. The summed E-state index contributed by atoms with van der Waals surface area (Å²) in [4.78, 5) is 24.8. The molecular weight excluding hydrogens is 435 g/mol. The number of H-pyrrole nitrogens is 1. The number of nitrogen functional groups attached to an aromatic ring is 1. The number of nitrogens with one attached hydrogen (secondary N) is 1. The zero-order valence-electron chi connectivity index (χ0n) is 17.0. The monoisotopic (exact) mass is 454 g/mol. The molecule has 164 valence electrons. The second-order valence-corrected chi connectivity index (χ2v) is 8.44. The molecule has 0 radical (unpaired) electrons. The summed E-state index contributed by atoms with van der Waals surface area (Å²) in [6.07, 6.45) is 8.85. The van der Waals surface area contributed by atoms with Gasteiger partial charge in [0.15, 0.2) is 5.82 Å². The fourth-order valence-electron chi connectivity index (χ4n) is 4.78. The normalized spacial score (nSPS) is 20.8. The number of benzene rings is 1. The predicted molar refractivity (Wildman–Crippen MR) is 119 cm³/mol. The Labute approximate surface area is 188 Å². The minimum atomic E-state index is -0.476. The molecule has 0 saturated carbocycles. The van der Waals surface area contributed by atoms with E-state index in [0.717, 1.165) is 24.2 Å². The van der Waals surface area contributed by atoms with Gasteiger partial charge >= 0.3 is 0 Å². The number of anilines is 1. The molecule has 2 aliphatic heterocycles.